The van der Waals surface area contributed by atoms with Gasteiger partial charge in [0.05, 0.1) is 10.6 Å². The Kier molecular flexibility index (Phi) is 4.23. The highest BCUT2D eigenvalue weighted by Gasteiger charge is 2.30. The van der Waals surface area contributed by atoms with Crippen molar-refractivity contribution in [3.05, 3.63) is 52.5 Å². The predicted octanol–water partition coefficient (Wildman–Crippen LogP) is 4.92. The molecule has 2 N–H and O–H groups in total. The van der Waals surface area contributed by atoms with Crippen molar-refractivity contribution < 1.29 is 18.3 Å². The maximum atomic E-state index is 12.7. The fraction of sp³-hybridized carbons (Fsp3) is 0.133. The molecule has 0 aromatic heterocycles. The molecule has 6 heteroatoms. The van der Waals surface area contributed by atoms with Gasteiger partial charge < -0.3 is 10.5 Å². The lowest BCUT2D eigenvalue weighted by Crippen LogP contribution is -2.04. The van der Waals surface area contributed by atoms with Crippen LogP contribution in [0.5, 0.6) is 5.75 Å². The quantitative estimate of drug-likeness (QED) is 0.776. The first-order valence-electron chi connectivity index (χ1n) is 6.01. The van der Waals surface area contributed by atoms with Gasteiger partial charge in [-0.3, -0.25) is 0 Å². The zero-order valence-corrected chi connectivity index (χ0v) is 11.5. The highest BCUT2D eigenvalue weighted by Crippen LogP contribution is 2.36. The smallest absolute Gasteiger partial charge is 0.416 e. The third-order valence-corrected chi connectivity index (χ3v) is 3.28. The molecule has 0 bridgehead atoms. The second-order valence-corrected chi connectivity index (χ2v) is 4.86. The molecule has 2 nitrogen and oxygen atoms in total. The molecule has 2 aromatic rings. The van der Waals surface area contributed by atoms with Crippen LogP contribution in [0.4, 0.5) is 13.2 Å². The summed E-state index contributed by atoms with van der Waals surface area (Å²) < 4.78 is 38.2. The first-order valence-corrected chi connectivity index (χ1v) is 6.38. The van der Waals surface area contributed by atoms with Gasteiger partial charge in [-0.2, -0.15) is 13.2 Å². The molecule has 2 aromatic carbocycles. The molecule has 0 spiro atoms. The molecule has 0 heterocycles. The summed E-state index contributed by atoms with van der Waals surface area (Å²) in [4.78, 5) is 0. The molecule has 0 radical (unpaired) electrons. The largest absolute Gasteiger partial charge is 0.506 e. The molecular formula is C15H11ClF3NO. The first kappa shape index (κ1) is 15.4. The summed E-state index contributed by atoms with van der Waals surface area (Å²) in [5, 5.41) is 16.9. The van der Waals surface area contributed by atoms with Crippen molar-refractivity contribution in [2.45, 2.75) is 12.6 Å². The summed E-state index contributed by atoms with van der Waals surface area (Å²) in [6.07, 6.45) is -3.19. The van der Waals surface area contributed by atoms with E-state index >= 15 is 0 Å². The van der Waals surface area contributed by atoms with Crippen molar-refractivity contribution in [3.63, 3.8) is 0 Å². The minimum atomic E-state index is -4.42. The summed E-state index contributed by atoms with van der Waals surface area (Å²) in [6.45, 7) is 0. The Morgan fingerprint density at radius 3 is 2.48 bits per heavy atom. The van der Waals surface area contributed by atoms with Gasteiger partial charge in [0.2, 0.25) is 0 Å². The third kappa shape index (κ3) is 3.36. The molecule has 0 fully saturated rings. The number of halogens is 4. The number of phenols is 1. The lowest BCUT2D eigenvalue weighted by Gasteiger charge is -2.11. The van der Waals surface area contributed by atoms with E-state index in [-0.39, 0.29) is 17.2 Å². The zero-order chi connectivity index (χ0) is 15.6. The van der Waals surface area contributed by atoms with Gasteiger partial charge in [0.1, 0.15) is 5.75 Å². The molecule has 0 aliphatic carbocycles. The van der Waals surface area contributed by atoms with Gasteiger partial charge in [-0.15, -0.1) is 0 Å². The summed E-state index contributed by atoms with van der Waals surface area (Å²) in [6, 6.07) is 7.80. The zero-order valence-electron chi connectivity index (χ0n) is 10.7. The van der Waals surface area contributed by atoms with Gasteiger partial charge >= 0.3 is 6.18 Å². The van der Waals surface area contributed by atoms with Crippen molar-refractivity contribution in [3.8, 4) is 16.9 Å². The van der Waals surface area contributed by atoms with E-state index < -0.39 is 11.7 Å². The minimum absolute atomic E-state index is 0.0433. The average Bonchev–Trinajstić information content (AvgIpc) is 2.43. The van der Waals surface area contributed by atoms with Crippen LogP contribution in [-0.4, -0.2) is 11.3 Å². The molecule has 0 unspecified atom stereocenters. The molecule has 110 valence electrons. The molecule has 0 saturated heterocycles. The van der Waals surface area contributed by atoms with Gasteiger partial charge in [-0.1, -0.05) is 23.7 Å². The highest BCUT2D eigenvalue weighted by atomic mass is 35.5. The lowest BCUT2D eigenvalue weighted by atomic mass is 9.99. The van der Waals surface area contributed by atoms with Crippen LogP contribution in [0.3, 0.4) is 0 Å². The number of phenolic OH excluding ortho intramolecular Hbond substituents is 1. The fourth-order valence-electron chi connectivity index (χ4n) is 1.96. The van der Waals surface area contributed by atoms with Crippen LogP contribution < -0.4 is 0 Å². The first-order chi connectivity index (χ1) is 9.82. The SMILES string of the molecule is N=CCc1cc(-c2cccc(C(F)(F)F)c2)cc(Cl)c1O. The summed E-state index contributed by atoms with van der Waals surface area (Å²) in [5.74, 6) is -0.157. The molecular weight excluding hydrogens is 303 g/mol. The molecule has 0 aliphatic rings. The highest BCUT2D eigenvalue weighted by molar-refractivity contribution is 6.32. The Morgan fingerprint density at radius 2 is 1.86 bits per heavy atom. The van der Waals surface area contributed by atoms with Crippen LogP contribution >= 0.6 is 11.6 Å². The molecule has 2 rings (SSSR count). The van der Waals surface area contributed by atoms with E-state index in [1.807, 2.05) is 0 Å². The van der Waals surface area contributed by atoms with Crippen LogP contribution in [0, 0.1) is 5.41 Å². The molecule has 0 amide bonds. The summed E-state index contributed by atoms with van der Waals surface area (Å²) >= 11 is 5.89. The number of hydrogen-bond donors (Lipinski definition) is 2. The number of nitrogens with one attached hydrogen (secondary N) is 1. The van der Waals surface area contributed by atoms with Gasteiger partial charge in [0, 0.05) is 12.0 Å². The average molecular weight is 314 g/mol. The third-order valence-electron chi connectivity index (χ3n) is 2.99. The van der Waals surface area contributed by atoms with Crippen molar-refractivity contribution in [2.24, 2.45) is 0 Å². The van der Waals surface area contributed by atoms with Crippen molar-refractivity contribution in [1.29, 1.82) is 5.41 Å². The summed E-state index contributed by atoms with van der Waals surface area (Å²) in [5.41, 5.74) is 0.446. The van der Waals surface area contributed by atoms with E-state index in [4.69, 9.17) is 17.0 Å². The van der Waals surface area contributed by atoms with Gasteiger partial charge in [0.15, 0.2) is 0 Å². The Labute approximate surface area is 124 Å². The van der Waals surface area contributed by atoms with Crippen molar-refractivity contribution >= 4 is 17.8 Å². The molecule has 21 heavy (non-hydrogen) atoms. The maximum absolute atomic E-state index is 12.7. The molecule has 0 aliphatic heterocycles. The molecule has 0 atom stereocenters. The Balaban J connectivity index is 2.54. The maximum Gasteiger partial charge on any atom is 0.416 e. The van der Waals surface area contributed by atoms with Crippen LogP contribution in [0.15, 0.2) is 36.4 Å². The number of aromatic hydroxyl groups is 1. The standard InChI is InChI=1S/C15H11ClF3NO/c16-13-8-11(6-10(4-5-20)14(13)21)9-2-1-3-12(7-9)15(17,18)19/h1-3,5-8,20-21H,4H2. The number of benzene rings is 2. The van der Waals surface area contributed by atoms with Crippen molar-refractivity contribution in [2.75, 3.05) is 0 Å². The van der Waals surface area contributed by atoms with Gasteiger partial charge in [-0.05, 0) is 41.6 Å². The molecule has 0 saturated carbocycles. The number of rotatable bonds is 3. The number of hydrogen-bond acceptors (Lipinski definition) is 2. The van der Waals surface area contributed by atoms with Crippen LogP contribution in [0.1, 0.15) is 11.1 Å². The number of alkyl halides is 3. The van der Waals surface area contributed by atoms with Crippen LogP contribution in [-0.2, 0) is 12.6 Å². The van der Waals surface area contributed by atoms with E-state index in [0.29, 0.717) is 16.7 Å². The van der Waals surface area contributed by atoms with E-state index in [2.05, 4.69) is 0 Å². The predicted molar refractivity (Wildman–Crippen MR) is 76.0 cm³/mol. The minimum Gasteiger partial charge on any atom is -0.506 e. The van der Waals surface area contributed by atoms with Crippen LogP contribution in [0.2, 0.25) is 5.02 Å². The van der Waals surface area contributed by atoms with Crippen LogP contribution in [0.25, 0.3) is 11.1 Å². The summed E-state index contributed by atoms with van der Waals surface area (Å²) in [7, 11) is 0. The van der Waals surface area contributed by atoms with Gasteiger partial charge in [0.25, 0.3) is 0 Å². The van der Waals surface area contributed by atoms with Crippen molar-refractivity contribution in [1.82, 2.24) is 0 Å². The normalized spacial score (nSPS) is 11.4. The van der Waals surface area contributed by atoms with E-state index in [1.165, 1.54) is 24.3 Å². The Bertz CT molecular complexity index is 683. The lowest BCUT2D eigenvalue weighted by molar-refractivity contribution is -0.137. The van der Waals surface area contributed by atoms with E-state index in [9.17, 15) is 18.3 Å². The van der Waals surface area contributed by atoms with E-state index in [0.717, 1.165) is 18.3 Å². The van der Waals surface area contributed by atoms with Gasteiger partial charge in [-0.25, -0.2) is 0 Å². The Morgan fingerprint density at radius 1 is 1.14 bits per heavy atom. The second-order valence-electron chi connectivity index (χ2n) is 4.45. The second kappa shape index (κ2) is 5.77. The Hall–Kier alpha value is -2.01. The van der Waals surface area contributed by atoms with E-state index in [1.54, 1.807) is 0 Å². The monoisotopic (exact) mass is 313 g/mol. The topological polar surface area (TPSA) is 44.1 Å². The fourth-order valence-corrected chi connectivity index (χ4v) is 2.20.